The molecule has 0 aliphatic rings. The second-order valence-electron chi connectivity index (χ2n) is 3.31. The molecule has 0 N–H and O–H groups in total. The lowest BCUT2D eigenvalue weighted by molar-refractivity contribution is -0.385. The molecule has 17 heavy (non-hydrogen) atoms. The number of benzene rings is 1. The van der Waals surface area contributed by atoms with Crippen LogP contribution in [0.15, 0.2) is 18.2 Å². The maximum absolute atomic E-state index is 11.5. The molecule has 0 aliphatic heterocycles. The number of hydrogen-bond donors (Lipinski definition) is 0. The number of rotatable bonds is 3. The van der Waals surface area contributed by atoms with Crippen LogP contribution in [-0.2, 0) is 16.0 Å². The maximum atomic E-state index is 11.5. The van der Waals surface area contributed by atoms with Crippen molar-refractivity contribution in [1.29, 1.82) is 0 Å². The molecular formula is C11H11NO5. The predicted octanol–water partition coefficient (Wildman–Crippen LogP) is 1.86. The van der Waals surface area contributed by atoms with Crippen molar-refractivity contribution in [2.45, 2.75) is 20.3 Å². The van der Waals surface area contributed by atoms with Gasteiger partial charge in [-0.2, -0.15) is 0 Å². The van der Waals surface area contributed by atoms with Gasteiger partial charge >= 0.3 is 11.9 Å². The summed E-state index contributed by atoms with van der Waals surface area (Å²) < 4.78 is 4.34. The van der Waals surface area contributed by atoms with E-state index in [0.29, 0.717) is 12.0 Å². The first-order valence-corrected chi connectivity index (χ1v) is 4.96. The molecule has 0 spiro atoms. The maximum Gasteiger partial charge on any atom is 0.352 e. The zero-order valence-electron chi connectivity index (χ0n) is 9.43. The lowest BCUT2D eigenvalue weighted by Crippen LogP contribution is -2.12. The lowest BCUT2D eigenvalue weighted by Gasteiger charge is -2.04. The van der Waals surface area contributed by atoms with Crippen LogP contribution in [0.4, 0.5) is 5.69 Å². The summed E-state index contributed by atoms with van der Waals surface area (Å²) in [7, 11) is 0. The molecule has 0 atom stereocenters. The SMILES string of the molecule is CCc1cccc(C(=O)OC(C)=O)c1[N+](=O)[O-]. The molecule has 0 saturated heterocycles. The average molecular weight is 237 g/mol. The molecule has 0 radical (unpaired) electrons. The summed E-state index contributed by atoms with van der Waals surface area (Å²) in [4.78, 5) is 32.4. The van der Waals surface area contributed by atoms with Crippen molar-refractivity contribution in [3.63, 3.8) is 0 Å². The van der Waals surface area contributed by atoms with Crippen LogP contribution < -0.4 is 0 Å². The predicted molar refractivity (Wildman–Crippen MR) is 58.6 cm³/mol. The molecule has 90 valence electrons. The second kappa shape index (κ2) is 5.20. The van der Waals surface area contributed by atoms with Gasteiger partial charge in [-0.05, 0) is 12.5 Å². The van der Waals surface area contributed by atoms with Crippen molar-refractivity contribution in [3.05, 3.63) is 39.4 Å². The van der Waals surface area contributed by atoms with Crippen LogP contribution >= 0.6 is 0 Å². The Bertz CT molecular complexity index is 481. The molecule has 6 heteroatoms. The van der Waals surface area contributed by atoms with E-state index in [4.69, 9.17) is 0 Å². The Morgan fingerprint density at radius 1 is 1.41 bits per heavy atom. The van der Waals surface area contributed by atoms with Crippen molar-refractivity contribution in [2.24, 2.45) is 0 Å². The van der Waals surface area contributed by atoms with E-state index >= 15 is 0 Å². The largest absolute Gasteiger partial charge is 0.389 e. The topological polar surface area (TPSA) is 86.5 Å². The van der Waals surface area contributed by atoms with Gasteiger partial charge in [0, 0.05) is 12.5 Å². The number of hydrogen-bond acceptors (Lipinski definition) is 5. The quantitative estimate of drug-likeness (QED) is 0.346. The number of nitro groups is 1. The van der Waals surface area contributed by atoms with E-state index in [-0.39, 0.29) is 11.3 Å². The second-order valence-corrected chi connectivity index (χ2v) is 3.31. The Labute approximate surface area is 97.3 Å². The molecule has 1 aromatic rings. The van der Waals surface area contributed by atoms with E-state index in [1.165, 1.54) is 12.1 Å². The number of nitrogens with zero attached hydrogens (tertiary/aromatic N) is 1. The van der Waals surface area contributed by atoms with Gasteiger partial charge in [-0.1, -0.05) is 19.1 Å². The van der Waals surface area contributed by atoms with Gasteiger partial charge in [0.25, 0.3) is 5.69 Å². The summed E-state index contributed by atoms with van der Waals surface area (Å²) >= 11 is 0. The molecule has 0 saturated carbocycles. The van der Waals surface area contributed by atoms with Crippen LogP contribution in [0.25, 0.3) is 0 Å². The number of para-hydroxylation sites is 1. The summed E-state index contributed by atoms with van der Waals surface area (Å²) in [5.41, 5.74) is -0.0844. The number of carbonyl (C=O) groups excluding carboxylic acids is 2. The Balaban J connectivity index is 3.28. The van der Waals surface area contributed by atoms with E-state index in [1.807, 2.05) is 0 Å². The van der Waals surface area contributed by atoms with Gasteiger partial charge in [0.1, 0.15) is 5.56 Å². The summed E-state index contributed by atoms with van der Waals surface area (Å²) in [5, 5.41) is 10.9. The smallest absolute Gasteiger partial charge is 0.352 e. The number of aryl methyl sites for hydroxylation is 1. The summed E-state index contributed by atoms with van der Waals surface area (Å²) in [6.45, 7) is 2.80. The van der Waals surface area contributed by atoms with Gasteiger partial charge in [-0.15, -0.1) is 0 Å². The first-order chi connectivity index (χ1) is 7.97. The van der Waals surface area contributed by atoms with E-state index in [9.17, 15) is 19.7 Å². The van der Waals surface area contributed by atoms with Crippen molar-refractivity contribution < 1.29 is 19.2 Å². The van der Waals surface area contributed by atoms with Crippen molar-refractivity contribution in [3.8, 4) is 0 Å². The zero-order chi connectivity index (χ0) is 13.0. The molecule has 0 amide bonds. The third kappa shape index (κ3) is 2.87. The Hall–Kier alpha value is -2.24. The first-order valence-electron chi connectivity index (χ1n) is 4.96. The van der Waals surface area contributed by atoms with Crippen LogP contribution in [0.5, 0.6) is 0 Å². The van der Waals surface area contributed by atoms with E-state index in [0.717, 1.165) is 6.92 Å². The van der Waals surface area contributed by atoms with Gasteiger partial charge in [0.15, 0.2) is 0 Å². The summed E-state index contributed by atoms with van der Waals surface area (Å²) in [5.74, 6) is -1.80. The minimum atomic E-state index is -1.00. The Morgan fingerprint density at radius 2 is 2.06 bits per heavy atom. The minimum Gasteiger partial charge on any atom is -0.389 e. The minimum absolute atomic E-state index is 0.204. The lowest BCUT2D eigenvalue weighted by atomic mass is 10.1. The number of carbonyl (C=O) groups is 2. The first kappa shape index (κ1) is 12.8. The monoisotopic (exact) mass is 237 g/mol. The molecule has 0 heterocycles. The molecule has 1 rings (SSSR count). The highest BCUT2D eigenvalue weighted by molar-refractivity contribution is 5.99. The number of esters is 2. The fourth-order valence-corrected chi connectivity index (χ4v) is 1.44. The molecule has 0 bridgehead atoms. The van der Waals surface area contributed by atoms with Crippen molar-refractivity contribution in [2.75, 3.05) is 0 Å². The van der Waals surface area contributed by atoms with Gasteiger partial charge in [0.05, 0.1) is 4.92 Å². The van der Waals surface area contributed by atoms with Gasteiger partial charge in [0.2, 0.25) is 0 Å². The highest BCUT2D eigenvalue weighted by atomic mass is 16.6. The highest BCUT2D eigenvalue weighted by Crippen LogP contribution is 2.25. The number of nitro benzene ring substituents is 1. The van der Waals surface area contributed by atoms with Crippen LogP contribution in [-0.4, -0.2) is 16.9 Å². The standard InChI is InChI=1S/C11H11NO5/c1-3-8-5-4-6-9(10(8)12(15)16)11(14)17-7(2)13/h4-6H,3H2,1-2H3. The fourth-order valence-electron chi connectivity index (χ4n) is 1.44. The molecule has 0 unspecified atom stereocenters. The van der Waals surface area contributed by atoms with E-state index in [1.54, 1.807) is 13.0 Å². The summed E-state index contributed by atoms with van der Waals surface area (Å²) in [6, 6.07) is 4.34. The van der Waals surface area contributed by atoms with Crippen LogP contribution in [0.3, 0.4) is 0 Å². The van der Waals surface area contributed by atoms with Crippen molar-refractivity contribution in [1.82, 2.24) is 0 Å². The molecule has 0 aromatic heterocycles. The molecule has 6 nitrogen and oxygen atoms in total. The third-order valence-corrected chi connectivity index (χ3v) is 2.14. The summed E-state index contributed by atoms with van der Waals surface area (Å²) in [6.07, 6.45) is 0.414. The van der Waals surface area contributed by atoms with Crippen LogP contribution in [0.2, 0.25) is 0 Å². The highest BCUT2D eigenvalue weighted by Gasteiger charge is 2.25. The van der Waals surface area contributed by atoms with Crippen LogP contribution in [0.1, 0.15) is 29.8 Å². The molecule has 1 aromatic carbocycles. The van der Waals surface area contributed by atoms with Gasteiger partial charge in [-0.3, -0.25) is 14.9 Å². The molecule has 0 fully saturated rings. The third-order valence-electron chi connectivity index (χ3n) is 2.14. The fraction of sp³-hybridized carbons (Fsp3) is 0.273. The van der Waals surface area contributed by atoms with Crippen LogP contribution in [0, 0.1) is 10.1 Å². The average Bonchev–Trinajstić information content (AvgIpc) is 2.26. The van der Waals surface area contributed by atoms with E-state index < -0.39 is 16.9 Å². The molecule has 0 aliphatic carbocycles. The zero-order valence-corrected chi connectivity index (χ0v) is 9.43. The normalized spacial score (nSPS) is 9.76. The van der Waals surface area contributed by atoms with E-state index in [2.05, 4.69) is 4.74 Å². The van der Waals surface area contributed by atoms with Gasteiger partial charge < -0.3 is 4.74 Å². The van der Waals surface area contributed by atoms with Gasteiger partial charge in [-0.25, -0.2) is 4.79 Å². The van der Waals surface area contributed by atoms with Crippen molar-refractivity contribution >= 4 is 17.6 Å². The Morgan fingerprint density at radius 3 is 2.53 bits per heavy atom. The Kier molecular flexibility index (Phi) is 3.92. The number of ether oxygens (including phenoxy) is 1. The molecular weight excluding hydrogens is 226 g/mol.